The molecule has 0 fully saturated rings. The number of aromatic nitrogens is 2. The molecule has 0 aliphatic carbocycles. The molecule has 4 rings (SSSR count). The number of ether oxygens (including phenoxy) is 1. The predicted octanol–water partition coefficient (Wildman–Crippen LogP) is 5.90. The fourth-order valence-electron chi connectivity index (χ4n) is 4.49. The lowest BCUT2D eigenvalue weighted by molar-refractivity contribution is 0.378. The van der Waals surface area contributed by atoms with Crippen molar-refractivity contribution < 1.29 is 9.84 Å². The van der Waals surface area contributed by atoms with Gasteiger partial charge in [0.25, 0.3) is 0 Å². The van der Waals surface area contributed by atoms with E-state index < -0.39 is 5.92 Å². The molecule has 34 heavy (non-hydrogen) atoms. The number of aryl methyl sites for hydroxylation is 1. The van der Waals surface area contributed by atoms with Gasteiger partial charge in [-0.3, -0.25) is 5.10 Å². The van der Waals surface area contributed by atoms with E-state index in [4.69, 9.17) is 10.5 Å². The highest BCUT2D eigenvalue weighted by Gasteiger charge is 2.37. The van der Waals surface area contributed by atoms with Crippen molar-refractivity contribution in [1.82, 2.24) is 10.2 Å². The average molecular weight is 457 g/mol. The molecule has 0 bridgehead atoms. The number of nitrogens with zero attached hydrogens (tertiary/aromatic N) is 2. The molecule has 1 aliphatic heterocycles. The highest BCUT2D eigenvalue weighted by Crippen LogP contribution is 2.49. The molecule has 0 unspecified atom stereocenters. The Balaban J connectivity index is 2.04. The number of aromatic amines is 1. The molecule has 4 N–H and O–H groups in total. The van der Waals surface area contributed by atoms with E-state index in [0.717, 1.165) is 39.1 Å². The number of hydrogen-bond acceptors (Lipinski definition) is 5. The lowest BCUT2D eigenvalue weighted by atomic mass is 9.74. The summed E-state index contributed by atoms with van der Waals surface area (Å²) in [5.41, 5.74) is 12.0. The zero-order chi connectivity index (χ0) is 25.0. The molecule has 6 heteroatoms. The Kier molecular flexibility index (Phi) is 5.48. The van der Waals surface area contributed by atoms with Gasteiger partial charge >= 0.3 is 0 Å². The zero-order valence-corrected chi connectivity index (χ0v) is 20.9. The van der Waals surface area contributed by atoms with E-state index in [9.17, 15) is 10.4 Å². The topological polar surface area (TPSA) is 108 Å². The van der Waals surface area contributed by atoms with Gasteiger partial charge < -0.3 is 15.6 Å². The number of phenols is 1. The lowest BCUT2D eigenvalue weighted by Crippen LogP contribution is -2.23. The van der Waals surface area contributed by atoms with Gasteiger partial charge in [0, 0.05) is 5.56 Å². The Bertz CT molecular complexity index is 1290. The highest BCUT2D eigenvalue weighted by molar-refractivity contribution is 5.71. The second-order valence-corrected chi connectivity index (χ2v) is 11.1. The number of nitriles is 1. The Hall–Kier alpha value is -3.72. The third-order valence-electron chi connectivity index (χ3n) is 6.36. The molecule has 0 spiro atoms. The van der Waals surface area contributed by atoms with Gasteiger partial charge in [-0.2, -0.15) is 5.26 Å². The molecule has 1 aromatic heterocycles. The summed E-state index contributed by atoms with van der Waals surface area (Å²) in [6.07, 6.45) is 0. The first-order valence-corrected chi connectivity index (χ1v) is 11.4. The van der Waals surface area contributed by atoms with Crippen LogP contribution in [0.25, 0.3) is 11.3 Å². The third kappa shape index (κ3) is 3.92. The molecule has 0 radical (unpaired) electrons. The first-order chi connectivity index (χ1) is 15.8. The van der Waals surface area contributed by atoms with Gasteiger partial charge in [0.2, 0.25) is 11.8 Å². The van der Waals surface area contributed by atoms with Crippen molar-refractivity contribution in [3.8, 4) is 29.0 Å². The minimum Gasteiger partial charge on any atom is -0.507 e. The van der Waals surface area contributed by atoms with Crippen molar-refractivity contribution in [2.45, 2.75) is 65.2 Å². The molecular formula is C28H32N4O2. The van der Waals surface area contributed by atoms with Crippen LogP contribution in [0.15, 0.2) is 47.9 Å². The minimum absolute atomic E-state index is 0.0460. The maximum absolute atomic E-state index is 11.2. The Morgan fingerprint density at radius 3 is 2.09 bits per heavy atom. The fourth-order valence-corrected chi connectivity index (χ4v) is 4.49. The minimum atomic E-state index is -0.494. The molecule has 3 aromatic rings. The molecule has 0 saturated carbocycles. The number of nitrogens with one attached hydrogen (secondary N) is 1. The SMILES string of the molecule is Cc1ccc(-c2[nH]nc3c2[C@@H](c2cc(C(C)(C)C)c(O)c(C(C)(C)C)c2)C(C#N)=C(N)O3)cc1. The van der Waals surface area contributed by atoms with Crippen LogP contribution in [0.5, 0.6) is 11.6 Å². The van der Waals surface area contributed by atoms with Crippen molar-refractivity contribution in [1.29, 1.82) is 5.26 Å². The van der Waals surface area contributed by atoms with E-state index in [1.807, 2.05) is 43.3 Å². The molecule has 1 atom stereocenters. The number of phenolic OH excluding ortho intramolecular Hbond substituents is 1. The van der Waals surface area contributed by atoms with Crippen LogP contribution >= 0.6 is 0 Å². The number of hydrogen-bond donors (Lipinski definition) is 3. The number of aromatic hydroxyl groups is 1. The van der Waals surface area contributed by atoms with Crippen molar-refractivity contribution in [3.05, 3.63) is 75.7 Å². The highest BCUT2D eigenvalue weighted by atomic mass is 16.5. The number of H-pyrrole nitrogens is 1. The summed E-state index contributed by atoms with van der Waals surface area (Å²) < 4.78 is 5.77. The molecule has 1 aliphatic rings. The molecular weight excluding hydrogens is 424 g/mol. The van der Waals surface area contributed by atoms with Crippen LogP contribution < -0.4 is 10.5 Å². The molecule has 0 saturated heterocycles. The maximum Gasteiger partial charge on any atom is 0.244 e. The summed E-state index contributed by atoms with van der Waals surface area (Å²) in [7, 11) is 0. The van der Waals surface area contributed by atoms with Gasteiger partial charge in [-0.05, 0) is 34.4 Å². The average Bonchev–Trinajstić information content (AvgIpc) is 3.15. The first-order valence-electron chi connectivity index (χ1n) is 11.4. The van der Waals surface area contributed by atoms with Crippen LogP contribution in [-0.4, -0.2) is 15.3 Å². The van der Waals surface area contributed by atoms with Gasteiger partial charge in [0.1, 0.15) is 17.4 Å². The first kappa shape index (κ1) is 23.4. The molecule has 0 amide bonds. The van der Waals surface area contributed by atoms with Gasteiger partial charge in [0.15, 0.2) is 0 Å². The van der Waals surface area contributed by atoms with Crippen LogP contribution in [0.3, 0.4) is 0 Å². The van der Waals surface area contributed by atoms with Crippen LogP contribution in [0.4, 0.5) is 0 Å². The number of allylic oxidation sites excluding steroid dienone is 1. The summed E-state index contributed by atoms with van der Waals surface area (Å²) in [6, 6.07) is 14.4. The molecule has 176 valence electrons. The van der Waals surface area contributed by atoms with Crippen molar-refractivity contribution in [2.24, 2.45) is 5.73 Å². The summed E-state index contributed by atoms with van der Waals surface area (Å²) in [4.78, 5) is 0. The standard InChI is InChI=1S/C28H32N4O2/c1-15-8-10-16(11-9-15)23-22-21(18(14-29)25(30)34-26(22)32-31-23)17-12-19(27(2,3)4)24(33)20(13-17)28(5,6)7/h8-13,21,33H,30H2,1-7H3,(H,31,32)/t21-/m0/s1. The van der Waals surface area contributed by atoms with Crippen LogP contribution in [0, 0.1) is 18.3 Å². The molecule has 2 heterocycles. The summed E-state index contributed by atoms with van der Waals surface area (Å²) in [5.74, 6) is 0.202. The van der Waals surface area contributed by atoms with Gasteiger partial charge in [-0.25, -0.2) is 0 Å². The second kappa shape index (κ2) is 7.95. The zero-order valence-electron chi connectivity index (χ0n) is 20.9. The van der Waals surface area contributed by atoms with Crippen LogP contribution in [0.1, 0.15) is 75.3 Å². The van der Waals surface area contributed by atoms with Crippen LogP contribution in [-0.2, 0) is 10.8 Å². The van der Waals surface area contributed by atoms with E-state index in [-0.39, 0.29) is 22.5 Å². The summed E-state index contributed by atoms with van der Waals surface area (Å²) in [6.45, 7) is 14.4. The smallest absolute Gasteiger partial charge is 0.244 e. The van der Waals surface area contributed by atoms with Gasteiger partial charge in [0.05, 0.1) is 17.2 Å². The normalized spacial score (nSPS) is 16.1. The van der Waals surface area contributed by atoms with E-state index in [2.05, 4.69) is 57.8 Å². The van der Waals surface area contributed by atoms with E-state index in [1.165, 1.54) is 0 Å². The lowest BCUT2D eigenvalue weighted by Gasteiger charge is -2.31. The number of rotatable bonds is 2. The number of nitrogens with two attached hydrogens (primary N) is 1. The summed E-state index contributed by atoms with van der Waals surface area (Å²) >= 11 is 0. The second-order valence-electron chi connectivity index (χ2n) is 11.1. The maximum atomic E-state index is 11.2. The monoisotopic (exact) mass is 456 g/mol. The van der Waals surface area contributed by atoms with Crippen molar-refractivity contribution in [2.75, 3.05) is 0 Å². The Labute approximate surface area is 201 Å². The number of benzene rings is 2. The number of fused-ring (bicyclic) bond motifs is 1. The van der Waals surface area contributed by atoms with Crippen molar-refractivity contribution >= 4 is 0 Å². The van der Waals surface area contributed by atoms with E-state index in [1.54, 1.807) is 0 Å². The molecule has 6 nitrogen and oxygen atoms in total. The largest absolute Gasteiger partial charge is 0.507 e. The summed E-state index contributed by atoms with van der Waals surface area (Å²) in [5, 5.41) is 28.8. The quantitative estimate of drug-likeness (QED) is 0.445. The van der Waals surface area contributed by atoms with E-state index in [0.29, 0.717) is 11.5 Å². The van der Waals surface area contributed by atoms with Gasteiger partial charge in [-0.15, -0.1) is 5.10 Å². The van der Waals surface area contributed by atoms with Crippen molar-refractivity contribution in [3.63, 3.8) is 0 Å². The third-order valence-corrected chi connectivity index (χ3v) is 6.36. The fraction of sp³-hybridized carbons (Fsp3) is 0.357. The predicted molar refractivity (Wildman–Crippen MR) is 134 cm³/mol. The van der Waals surface area contributed by atoms with E-state index >= 15 is 0 Å². The Morgan fingerprint density at radius 2 is 1.59 bits per heavy atom. The van der Waals surface area contributed by atoms with Gasteiger partial charge in [-0.1, -0.05) is 83.5 Å². The molecule has 2 aromatic carbocycles. The Morgan fingerprint density at radius 1 is 1.03 bits per heavy atom. The van der Waals surface area contributed by atoms with Crippen LogP contribution in [0.2, 0.25) is 0 Å².